The molecule has 2 fully saturated rings. The standard InChI is InChI=1S/C22H35BN4O6S/c1-20(2,3)31-19(30)27-10-8-9-13(12-27)25-16(28)14-11-15(34-17(14)26-18(24)29)23-32-21(4,5)22(6,7)33-23/h11,13H,8-10,12H2,1-7H3,(H,25,28)(H3,24,26,29)/t13-/m0/s1. The van der Waals surface area contributed by atoms with E-state index in [1.54, 1.807) is 11.0 Å². The number of anilines is 1. The van der Waals surface area contributed by atoms with Gasteiger partial charge in [-0.15, -0.1) is 11.3 Å². The van der Waals surface area contributed by atoms with Gasteiger partial charge in [-0.25, -0.2) is 9.59 Å². The second-order valence-electron chi connectivity index (χ2n) is 10.7. The van der Waals surface area contributed by atoms with Gasteiger partial charge in [0.2, 0.25) is 0 Å². The number of hydrogen-bond acceptors (Lipinski definition) is 7. The fraction of sp³-hybridized carbons (Fsp3) is 0.682. The number of rotatable bonds is 4. The molecule has 2 aliphatic heterocycles. The predicted molar refractivity (Wildman–Crippen MR) is 132 cm³/mol. The summed E-state index contributed by atoms with van der Waals surface area (Å²) < 4.78 is 18.3. The third-order valence-electron chi connectivity index (χ3n) is 6.13. The highest BCUT2D eigenvalue weighted by Gasteiger charge is 2.52. The first kappa shape index (κ1) is 26.3. The zero-order valence-electron chi connectivity index (χ0n) is 20.9. The molecule has 10 nitrogen and oxygen atoms in total. The van der Waals surface area contributed by atoms with Crippen molar-refractivity contribution in [1.82, 2.24) is 10.2 Å². The lowest BCUT2D eigenvalue weighted by Gasteiger charge is -2.34. The molecule has 0 saturated carbocycles. The first-order chi connectivity index (χ1) is 15.6. The molecule has 4 N–H and O–H groups in total. The molecule has 0 unspecified atom stereocenters. The van der Waals surface area contributed by atoms with Crippen molar-refractivity contribution < 1.29 is 28.4 Å². The summed E-state index contributed by atoms with van der Waals surface area (Å²) in [7, 11) is -0.678. The molecule has 4 amide bonds. The van der Waals surface area contributed by atoms with Crippen molar-refractivity contribution in [2.45, 2.75) is 84.2 Å². The number of nitrogens with two attached hydrogens (primary N) is 1. The van der Waals surface area contributed by atoms with Crippen molar-refractivity contribution in [3.63, 3.8) is 0 Å². The Balaban J connectivity index is 1.75. The van der Waals surface area contributed by atoms with Crippen LogP contribution in [-0.2, 0) is 14.0 Å². The fourth-order valence-electron chi connectivity index (χ4n) is 3.71. The second kappa shape index (κ2) is 9.39. The van der Waals surface area contributed by atoms with E-state index in [1.807, 2.05) is 48.5 Å². The number of primary amides is 1. The number of amides is 4. The molecule has 0 radical (unpaired) electrons. The summed E-state index contributed by atoms with van der Waals surface area (Å²) in [4.78, 5) is 38.8. The average molecular weight is 494 g/mol. The molecule has 34 heavy (non-hydrogen) atoms. The van der Waals surface area contributed by atoms with Crippen LogP contribution < -0.4 is 21.1 Å². The zero-order chi connectivity index (χ0) is 25.5. The van der Waals surface area contributed by atoms with E-state index in [2.05, 4.69) is 10.6 Å². The highest BCUT2D eigenvalue weighted by Crippen LogP contribution is 2.37. The van der Waals surface area contributed by atoms with Gasteiger partial charge in [0.05, 0.1) is 16.8 Å². The quantitative estimate of drug-likeness (QED) is 0.552. The lowest BCUT2D eigenvalue weighted by Crippen LogP contribution is -2.50. The number of piperidine rings is 1. The Morgan fingerprint density at radius 1 is 1.21 bits per heavy atom. The van der Waals surface area contributed by atoms with Crippen LogP contribution in [0.2, 0.25) is 0 Å². The van der Waals surface area contributed by atoms with Gasteiger partial charge in [0.1, 0.15) is 10.6 Å². The maximum Gasteiger partial charge on any atom is 0.505 e. The van der Waals surface area contributed by atoms with Crippen molar-refractivity contribution >= 4 is 46.3 Å². The Morgan fingerprint density at radius 2 is 1.82 bits per heavy atom. The van der Waals surface area contributed by atoms with E-state index in [-0.39, 0.29) is 17.5 Å². The van der Waals surface area contributed by atoms with E-state index in [0.717, 1.165) is 12.8 Å². The van der Waals surface area contributed by atoms with Gasteiger partial charge in [-0.2, -0.15) is 0 Å². The Bertz CT molecular complexity index is 942. The summed E-state index contributed by atoms with van der Waals surface area (Å²) in [6.07, 6.45) is 1.05. The number of nitrogens with one attached hydrogen (secondary N) is 2. The van der Waals surface area contributed by atoms with E-state index in [9.17, 15) is 14.4 Å². The summed E-state index contributed by atoms with van der Waals surface area (Å²) in [6, 6.07) is 0.627. The average Bonchev–Trinajstić information content (AvgIpc) is 3.18. The van der Waals surface area contributed by atoms with Crippen LogP contribution in [0.15, 0.2) is 6.07 Å². The Hall–Kier alpha value is -2.31. The molecule has 3 heterocycles. The normalized spacial score (nSPS) is 21.8. The summed E-state index contributed by atoms with van der Waals surface area (Å²) >= 11 is 1.18. The highest BCUT2D eigenvalue weighted by molar-refractivity contribution is 7.26. The van der Waals surface area contributed by atoms with Crippen LogP contribution in [0.5, 0.6) is 0 Å². The maximum absolute atomic E-state index is 13.2. The van der Waals surface area contributed by atoms with Crippen LogP contribution in [0.1, 0.15) is 71.7 Å². The monoisotopic (exact) mass is 494 g/mol. The number of ether oxygens (including phenoxy) is 1. The fourth-order valence-corrected chi connectivity index (χ4v) is 4.73. The van der Waals surface area contributed by atoms with Crippen molar-refractivity contribution in [3.05, 3.63) is 11.6 Å². The van der Waals surface area contributed by atoms with E-state index >= 15 is 0 Å². The molecule has 12 heteroatoms. The number of nitrogens with zero attached hydrogens (tertiary/aromatic N) is 1. The molecule has 188 valence electrons. The van der Waals surface area contributed by atoms with Gasteiger partial charge >= 0.3 is 19.2 Å². The van der Waals surface area contributed by atoms with Gasteiger partial charge in [0.15, 0.2) is 0 Å². The zero-order valence-corrected chi connectivity index (χ0v) is 21.8. The lowest BCUT2D eigenvalue weighted by molar-refractivity contribution is 0.00578. The Labute approximate surface area is 205 Å². The SMILES string of the molecule is CC(C)(C)OC(=O)N1CCC[C@H](NC(=O)c2cc(B3OC(C)(C)C(C)(C)O3)sc2NC(N)=O)C1. The van der Waals surface area contributed by atoms with Gasteiger partial charge in [-0.3, -0.25) is 10.1 Å². The van der Waals surface area contributed by atoms with Crippen molar-refractivity contribution in [2.24, 2.45) is 5.73 Å². The summed E-state index contributed by atoms with van der Waals surface area (Å²) in [5, 5.41) is 5.82. The summed E-state index contributed by atoms with van der Waals surface area (Å²) in [5.41, 5.74) is 3.91. The first-order valence-electron chi connectivity index (χ1n) is 11.4. The molecule has 1 aromatic rings. The third-order valence-corrected chi connectivity index (χ3v) is 7.20. The molecule has 1 aromatic heterocycles. The number of carbonyl (C=O) groups is 3. The molecular weight excluding hydrogens is 459 g/mol. The molecule has 0 aliphatic carbocycles. The number of carbonyl (C=O) groups excluding carboxylic acids is 3. The molecule has 3 rings (SSSR count). The van der Waals surface area contributed by atoms with Crippen molar-refractivity contribution in [2.75, 3.05) is 18.4 Å². The number of hydrogen-bond donors (Lipinski definition) is 3. The van der Waals surface area contributed by atoms with Crippen molar-refractivity contribution in [1.29, 1.82) is 0 Å². The smallest absolute Gasteiger partial charge is 0.444 e. The van der Waals surface area contributed by atoms with Crippen molar-refractivity contribution in [3.8, 4) is 0 Å². The van der Waals surface area contributed by atoms with E-state index < -0.39 is 36.0 Å². The highest BCUT2D eigenvalue weighted by atomic mass is 32.1. The largest absolute Gasteiger partial charge is 0.505 e. The van der Waals surface area contributed by atoms with E-state index in [1.165, 1.54) is 11.3 Å². The lowest BCUT2D eigenvalue weighted by atomic mass is 9.87. The van der Waals surface area contributed by atoms with Gasteiger partial charge in [-0.1, -0.05) is 0 Å². The van der Waals surface area contributed by atoms with Crippen LogP contribution in [0.25, 0.3) is 0 Å². The molecule has 0 spiro atoms. The Kier molecular flexibility index (Phi) is 7.26. The first-order valence-corrected chi connectivity index (χ1v) is 12.2. The molecule has 2 saturated heterocycles. The third kappa shape index (κ3) is 6.03. The molecule has 1 atom stereocenters. The summed E-state index contributed by atoms with van der Waals surface area (Å²) in [6.45, 7) is 14.1. The minimum atomic E-state index is -0.773. The molecule has 2 aliphatic rings. The maximum atomic E-state index is 13.2. The minimum Gasteiger partial charge on any atom is -0.444 e. The predicted octanol–water partition coefficient (Wildman–Crippen LogP) is 2.67. The van der Waals surface area contributed by atoms with Crippen LogP contribution in [0.4, 0.5) is 14.6 Å². The van der Waals surface area contributed by atoms with Crippen LogP contribution in [-0.4, -0.2) is 66.0 Å². The van der Waals surface area contributed by atoms with Gasteiger partial charge in [0, 0.05) is 23.9 Å². The van der Waals surface area contributed by atoms with Crippen LogP contribution in [0, 0.1) is 0 Å². The van der Waals surface area contributed by atoms with Gasteiger partial charge in [-0.05, 0) is 67.4 Å². The van der Waals surface area contributed by atoms with Crippen LogP contribution >= 0.6 is 11.3 Å². The van der Waals surface area contributed by atoms with E-state index in [0.29, 0.717) is 22.9 Å². The summed E-state index contributed by atoms with van der Waals surface area (Å²) in [5.74, 6) is -0.376. The topological polar surface area (TPSA) is 132 Å². The molecule has 0 aromatic carbocycles. The Morgan fingerprint density at radius 3 is 2.38 bits per heavy atom. The van der Waals surface area contributed by atoms with Crippen LogP contribution in [0.3, 0.4) is 0 Å². The number of urea groups is 1. The minimum absolute atomic E-state index is 0.254. The second-order valence-corrected chi connectivity index (χ2v) is 11.8. The van der Waals surface area contributed by atoms with Gasteiger partial charge in [0.25, 0.3) is 5.91 Å². The number of likely N-dealkylation sites (tertiary alicyclic amines) is 1. The number of thiophene rings is 1. The van der Waals surface area contributed by atoms with E-state index in [4.69, 9.17) is 19.8 Å². The molecular formula is C22H35BN4O6S. The molecule has 0 bridgehead atoms. The van der Waals surface area contributed by atoms with Gasteiger partial charge < -0.3 is 30.0 Å².